The van der Waals surface area contributed by atoms with Crippen LogP contribution >= 0.6 is 15.9 Å². The monoisotopic (exact) mass is 387 g/mol. The van der Waals surface area contributed by atoms with Gasteiger partial charge in [0.15, 0.2) is 0 Å². The average molecular weight is 388 g/mol. The van der Waals surface area contributed by atoms with Crippen LogP contribution in [-0.4, -0.2) is 15.5 Å². The van der Waals surface area contributed by atoms with Crippen LogP contribution in [0.25, 0.3) is 0 Å². The second-order valence-corrected chi connectivity index (χ2v) is 6.16. The maximum Gasteiger partial charge on any atom is 0.253 e. The standard InChI is InChI=1S/C18H15BrFN3O/c1-23-11-10-21-17(23)16(13-7-3-5-9-15(13)20)22-18(24)12-6-2-4-8-14(12)19/h2-11,16H,1H3,(H,22,24)/t16-/m0/s1. The summed E-state index contributed by atoms with van der Waals surface area (Å²) in [5.74, 6) is -0.142. The molecule has 1 amide bonds. The number of aromatic nitrogens is 2. The average Bonchev–Trinajstić information content (AvgIpc) is 2.99. The first-order chi connectivity index (χ1) is 11.6. The summed E-state index contributed by atoms with van der Waals surface area (Å²) in [6, 6.07) is 12.8. The Labute approximate surface area is 147 Å². The van der Waals surface area contributed by atoms with Gasteiger partial charge in [0, 0.05) is 29.5 Å². The predicted octanol–water partition coefficient (Wildman–Crippen LogP) is 3.84. The van der Waals surface area contributed by atoms with Gasteiger partial charge >= 0.3 is 0 Å². The van der Waals surface area contributed by atoms with E-state index in [1.807, 2.05) is 6.07 Å². The zero-order valence-corrected chi connectivity index (χ0v) is 14.5. The molecule has 3 rings (SSSR count). The van der Waals surface area contributed by atoms with Crippen LogP contribution in [0.4, 0.5) is 4.39 Å². The number of rotatable bonds is 4. The molecule has 0 unspecified atom stereocenters. The first-order valence-corrected chi connectivity index (χ1v) is 8.14. The summed E-state index contributed by atoms with van der Waals surface area (Å²) in [5.41, 5.74) is 0.847. The van der Waals surface area contributed by atoms with Gasteiger partial charge in [0.2, 0.25) is 0 Å². The molecule has 0 spiro atoms. The van der Waals surface area contributed by atoms with Crippen LogP contribution in [0.1, 0.15) is 27.8 Å². The lowest BCUT2D eigenvalue weighted by atomic mass is 10.0. The minimum Gasteiger partial charge on any atom is -0.338 e. The van der Waals surface area contributed by atoms with Gasteiger partial charge in [-0.05, 0) is 34.1 Å². The third-order valence-corrected chi connectivity index (χ3v) is 4.42. The van der Waals surface area contributed by atoms with E-state index in [1.54, 1.807) is 60.4 Å². The van der Waals surface area contributed by atoms with E-state index in [0.717, 1.165) is 0 Å². The Balaban J connectivity index is 2.00. The van der Waals surface area contributed by atoms with Crippen molar-refractivity contribution in [3.05, 3.63) is 88.2 Å². The number of aryl methyl sites for hydroxylation is 1. The van der Waals surface area contributed by atoms with Crippen molar-refractivity contribution in [2.75, 3.05) is 0 Å². The zero-order valence-electron chi connectivity index (χ0n) is 12.9. The molecule has 0 bridgehead atoms. The Morgan fingerprint density at radius 1 is 1.21 bits per heavy atom. The van der Waals surface area contributed by atoms with Crippen molar-refractivity contribution < 1.29 is 9.18 Å². The zero-order chi connectivity index (χ0) is 17.1. The number of hydrogen-bond donors (Lipinski definition) is 1. The minimum absolute atomic E-state index is 0.307. The molecule has 0 saturated carbocycles. The number of nitrogens with one attached hydrogen (secondary N) is 1. The number of carbonyl (C=O) groups is 1. The summed E-state index contributed by atoms with van der Waals surface area (Å²) < 4.78 is 16.7. The number of benzene rings is 2. The number of carbonyl (C=O) groups excluding carboxylic acids is 1. The molecule has 24 heavy (non-hydrogen) atoms. The van der Waals surface area contributed by atoms with Crippen molar-refractivity contribution in [3.63, 3.8) is 0 Å². The van der Waals surface area contributed by atoms with Crippen LogP contribution in [-0.2, 0) is 7.05 Å². The van der Waals surface area contributed by atoms with Crippen LogP contribution in [0.5, 0.6) is 0 Å². The Kier molecular flexibility index (Phi) is 4.76. The molecule has 1 heterocycles. The Morgan fingerprint density at radius 2 is 1.92 bits per heavy atom. The van der Waals surface area contributed by atoms with E-state index in [2.05, 4.69) is 26.2 Å². The molecule has 0 radical (unpaired) electrons. The molecule has 0 aliphatic carbocycles. The molecule has 4 nitrogen and oxygen atoms in total. The van der Waals surface area contributed by atoms with Crippen molar-refractivity contribution in [3.8, 4) is 0 Å². The third kappa shape index (κ3) is 3.23. The second kappa shape index (κ2) is 6.97. The number of amides is 1. The predicted molar refractivity (Wildman–Crippen MR) is 93.1 cm³/mol. The number of imidazole rings is 1. The van der Waals surface area contributed by atoms with Crippen LogP contribution in [0.15, 0.2) is 65.4 Å². The van der Waals surface area contributed by atoms with Crippen LogP contribution in [0.3, 0.4) is 0 Å². The maximum atomic E-state index is 14.3. The number of hydrogen-bond acceptors (Lipinski definition) is 2. The fourth-order valence-corrected chi connectivity index (χ4v) is 2.96. The molecule has 0 aliphatic heterocycles. The highest BCUT2D eigenvalue weighted by Gasteiger charge is 2.24. The van der Waals surface area contributed by atoms with Crippen molar-refractivity contribution in [1.29, 1.82) is 0 Å². The number of halogens is 2. The van der Waals surface area contributed by atoms with Gasteiger partial charge in [-0.3, -0.25) is 4.79 Å². The fraction of sp³-hybridized carbons (Fsp3) is 0.111. The first-order valence-electron chi connectivity index (χ1n) is 7.35. The summed E-state index contributed by atoms with van der Waals surface area (Å²) in [7, 11) is 1.81. The molecular formula is C18H15BrFN3O. The second-order valence-electron chi connectivity index (χ2n) is 5.30. The van der Waals surface area contributed by atoms with Crippen LogP contribution in [0.2, 0.25) is 0 Å². The molecule has 3 aromatic rings. The molecule has 0 saturated heterocycles. The third-order valence-electron chi connectivity index (χ3n) is 3.73. The quantitative estimate of drug-likeness (QED) is 0.738. The van der Waals surface area contributed by atoms with Crippen molar-refractivity contribution in [2.45, 2.75) is 6.04 Å². The van der Waals surface area contributed by atoms with Gasteiger partial charge < -0.3 is 9.88 Å². The molecule has 1 atom stereocenters. The van der Waals surface area contributed by atoms with Gasteiger partial charge in [0.1, 0.15) is 17.7 Å². The van der Waals surface area contributed by atoms with Gasteiger partial charge in [-0.15, -0.1) is 0 Å². The van der Waals surface area contributed by atoms with E-state index < -0.39 is 11.9 Å². The van der Waals surface area contributed by atoms with E-state index in [9.17, 15) is 9.18 Å². The smallest absolute Gasteiger partial charge is 0.253 e. The van der Waals surface area contributed by atoms with Crippen molar-refractivity contribution in [1.82, 2.24) is 14.9 Å². The molecule has 1 N–H and O–H groups in total. The highest BCUT2D eigenvalue weighted by atomic mass is 79.9. The highest BCUT2D eigenvalue weighted by Crippen LogP contribution is 2.24. The lowest BCUT2D eigenvalue weighted by Crippen LogP contribution is -2.31. The van der Waals surface area contributed by atoms with E-state index in [-0.39, 0.29) is 5.91 Å². The van der Waals surface area contributed by atoms with Crippen LogP contribution < -0.4 is 5.32 Å². The Bertz CT molecular complexity index is 878. The summed E-state index contributed by atoms with van der Waals surface area (Å²) >= 11 is 3.37. The Morgan fingerprint density at radius 3 is 2.58 bits per heavy atom. The minimum atomic E-state index is -0.689. The molecule has 2 aromatic carbocycles. The summed E-state index contributed by atoms with van der Waals surface area (Å²) in [6.45, 7) is 0. The summed E-state index contributed by atoms with van der Waals surface area (Å²) in [4.78, 5) is 16.9. The van der Waals surface area contributed by atoms with E-state index in [0.29, 0.717) is 21.4 Å². The van der Waals surface area contributed by atoms with Gasteiger partial charge in [-0.25, -0.2) is 9.37 Å². The molecular weight excluding hydrogens is 373 g/mol. The summed E-state index contributed by atoms with van der Waals surface area (Å²) in [5, 5.41) is 2.88. The lowest BCUT2D eigenvalue weighted by Gasteiger charge is -2.20. The SMILES string of the molecule is Cn1ccnc1[C@@H](NC(=O)c1ccccc1Br)c1ccccc1F. The van der Waals surface area contributed by atoms with Gasteiger partial charge in [-0.1, -0.05) is 30.3 Å². The molecule has 6 heteroatoms. The number of nitrogens with zero attached hydrogens (tertiary/aromatic N) is 2. The Hall–Kier alpha value is -2.47. The fourth-order valence-electron chi connectivity index (χ4n) is 2.50. The molecule has 0 aliphatic rings. The maximum absolute atomic E-state index is 14.3. The largest absolute Gasteiger partial charge is 0.338 e. The van der Waals surface area contributed by atoms with Gasteiger partial charge in [0.25, 0.3) is 5.91 Å². The van der Waals surface area contributed by atoms with Crippen LogP contribution in [0, 0.1) is 5.82 Å². The van der Waals surface area contributed by atoms with Crippen molar-refractivity contribution >= 4 is 21.8 Å². The molecule has 122 valence electrons. The van der Waals surface area contributed by atoms with Gasteiger partial charge in [-0.2, -0.15) is 0 Å². The van der Waals surface area contributed by atoms with E-state index in [4.69, 9.17) is 0 Å². The topological polar surface area (TPSA) is 46.9 Å². The first kappa shape index (κ1) is 16.4. The highest BCUT2D eigenvalue weighted by molar-refractivity contribution is 9.10. The van der Waals surface area contributed by atoms with Crippen molar-refractivity contribution in [2.24, 2.45) is 7.05 Å². The van der Waals surface area contributed by atoms with E-state index >= 15 is 0 Å². The van der Waals surface area contributed by atoms with E-state index in [1.165, 1.54) is 6.07 Å². The molecule has 0 fully saturated rings. The van der Waals surface area contributed by atoms with Gasteiger partial charge in [0.05, 0.1) is 5.56 Å². The molecule has 1 aromatic heterocycles. The lowest BCUT2D eigenvalue weighted by molar-refractivity contribution is 0.0940. The normalized spacial score (nSPS) is 12.0. The summed E-state index contributed by atoms with van der Waals surface area (Å²) in [6.07, 6.45) is 3.38.